The van der Waals surface area contributed by atoms with Gasteiger partial charge in [-0.2, -0.15) is 11.8 Å². The normalized spacial score (nSPS) is 18.1. The smallest absolute Gasteiger partial charge is 0.0541 e. The first kappa shape index (κ1) is 9.99. The zero-order chi connectivity index (χ0) is 9.86. The molecule has 1 aliphatic carbocycles. The first-order chi connectivity index (χ1) is 6.85. The minimum atomic E-state index is 0.550. The van der Waals surface area contributed by atoms with Crippen molar-refractivity contribution >= 4 is 11.8 Å². The molecular formula is C11H16N2S. The van der Waals surface area contributed by atoms with Gasteiger partial charge in [-0.05, 0) is 31.2 Å². The second kappa shape index (κ2) is 4.32. The Kier molecular flexibility index (Phi) is 3.08. The lowest BCUT2D eigenvalue weighted by molar-refractivity contribution is 0.653. The Morgan fingerprint density at radius 2 is 2.36 bits per heavy atom. The van der Waals surface area contributed by atoms with Crippen molar-refractivity contribution in [2.75, 3.05) is 12.8 Å². The minimum absolute atomic E-state index is 0.550. The number of nitrogens with one attached hydrogen (secondary N) is 1. The van der Waals surface area contributed by atoms with Gasteiger partial charge in [0.15, 0.2) is 0 Å². The lowest BCUT2D eigenvalue weighted by atomic mass is 10.3. The van der Waals surface area contributed by atoms with E-state index in [1.54, 1.807) is 0 Å². The maximum atomic E-state index is 4.28. The maximum absolute atomic E-state index is 4.28. The van der Waals surface area contributed by atoms with E-state index in [0.717, 1.165) is 18.8 Å². The third-order valence-electron chi connectivity index (χ3n) is 2.72. The highest BCUT2D eigenvalue weighted by Gasteiger charge is 2.41. The fourth-order valence-electron chi connectivity index (χ4n) is 1.51. The van der Waals surface area contributed by atoms with Crippen LogP contribution in [-0.4, -0.2) is 22.5 Å². The number of hydrogen-bond donors (Lipinski definition) is 1. The van der Waals surface area contributed by atoms with Crippen LogP contribution in [0.5, 0.6) is 0 Å². The molecule has 1 N–H and O–H groups in total. The summed E-state index contributed by atoms with van der Waals surface area (Å²) >= 11 is 1.99. The van der Waals surface area contributed by atoms with E-state index >= 15 is 0 Å². The molecule has 0 spiro atoms. The Balaban J connectivity index is 1.73. The highest BCUT2D eigenvalue weighted by atomic mass is 32.2. The molecule has 3 heteroatoms. The summed E-state index contributed by atoms with van der Waals surface area (Å²) in [6.07, 6.45) is 6.78. The largest absolute Gasteiger partial charge is 0.310 e. The number of aromatic nitrogens is 1. The first-order valence-electron chi connectivity index (χ1n) is 5.00. The van der Waals surface area contributed by atoms with Gasteiger partial charge in [0.25, 0.3) is 0 Å². The predicted molar refractivity (Wildman–Crippen MR) is 61.4 cm³/mol. The average Bonchev–Trinajstić information content (AvgIpc) is 3.00. The number of hydrogen-bond acceptors (Lipinski definition) is 3. The van der Waals surface area contributed by atoms with E-state index in [0.29, 0.717) is 4.75 Å². The molecule has 1 aromatic heterocycles. The number of rotatable bonds is 5. The Hall–Kier alpha value is -0.540. The Morgan fingerprint density at radius 3 is 2.93 bits per heavy atom. The van der Waals surface area contributed by atoms with Crippen LogP contribution in [0.15, 0.2) is 24.4 Å². The molecule has 0 amide bonds. The summed E-state index contributed by atoms with van der Waals surface area (Å²) < 4.78 is 0.550. The fourth-order valence-corrected chi connectivity index (χ4v) is 2.27. The molecular weight excluding hydrogens is 192 g/mol. The molecule has 1 aromatic rings. The third kappa shape index (κ3) is 2.49. The minimum Gasteiger partial charge on any atom is -0.310 e. The molecule has 1 saturated carbocycles. The van der Waals surface area contributed by atoms with Gasteiger partial charge in [-0.1, -0.05) is 6.07 Å². The van der Waals surface area contributed by atoms with Gasteiger partial charge in [0.2, 0.25) is 0 Å². The molecule has 1 heterocycles. The van der Waals surface area contributed by atoms with Crippen LogP contribution < -0.4 is 5.32 Å². The summed E-state index contributed by atoms with van der Waals surface area (Å²) in [6, 6.07) is 6.05. The average molecular weight is 208 g/mol. The predicted octanol–water partition coefficient (Wildman–Crippen LogP) is 2.07. The SMILES string of the molecule is CSC1(CNCc2ccccn2)CC1. The van der Waals surface area contributed by atoms with Gasteiger partial charge in [-0.15, -0.1) is 0 Å². The molecule has 0 bridgehead atoms. The van der Waals surface area contributed by atoms with Crippen molar-refractivity contribution in [2.24, 2.45) is 0 Å². The molecule has 0 unspecified atom stereocenters. The van der Waals surface area contributed by atoms with Crippen LogP contribution in [0.3, 0.4) is 0 Å². The molecule has 14 heavy (non-hydrogen) atoms. The zero-order valence-electron chi connectivity index (χ0n) is 8.49. The van der Waals surface area contributed by atoms with E-state index in [1.807, 2.05) is 30.1 Å². The van der Waals surface area contributed by atoms with Crippen LogP contribution >= 0.6 is 11.8 Å². The van der Waals surface area contributed by atoms with Crippen LogP contribution in [0.4, 0.5) is 0 Å². The number of nitrogens with zero attached hydrogens (tertiary/aromatic N) is 1. The maximum Gasteiger partial charge on any atom is 0.0541 e. The van der Waals surface area contributed by atoms with Crippen molar-refractivity contribution in [3.8, 4) is 0 Å². The van der Waals surface area contributed by atoms with E-state index < -0.39 is 0 Å². The highest BCUT2D eigenvalue weighted by molar-refractivity contribution is 8.00. The molecule has 0 radical (unpaired) electrons. The van der Waals surface area contributed by atoms with Crippen molar-refractivity contribution in [1.82, 2.24) is 10.3 Å². The van der Waals surface area contributed by atoms with Crippen molar-refractivity contribution in [1.29, 1.82) is 0 Å². The van der Waals surface area contributed by atoms with Crippen LogP contribution in [0.1, 0.15) is 18.5 Å². The van der Waals surface area contributed by atoms with E-state index in [-0.39, 0.29) is 0 Å². The molecule has 0 saturated heterocycles. The quantitative estimate of drug-likeness (QED) is 0.802. The summed E-state index contributed by atoms with van der Waals surface area (Å²) in [5, 5.41) is 3.47. The summed E-state index contributed by atoms with van der Waals surface area (Å²) in [7, 11) is 0. The summed E-state index contributed by atoms with van der Waals surface area (Å²) in [6.45, 7) is 2.01. The fraction of sp³-hybridized carbons (Fsp3) is 0.545. The van der Waals surface area contributed by atoms with Crippen molar-refractivity contribution in [2.45, 2.75) is 24.1 Å². The van der Waals surface area contributed by atoms with Gasteiger partial charge in [0, 0.05) is 24.0 Å². The molecule has 0 atom stereocenters. The van der Waals surface area contributed by atoms with Gasteiger partial charge in [0.05, 0.1) is 5.69 Å². The van der Waals surface area contributed by atoms with Crippen LogP contribution in [0.2, 0.25) is 0 Å². The van der Waals surface area contributed by atoms with Gasteiger partial charge >= 0.3 is 0 Å². The van der Waals surface area contributed by atoms with Crippen molar-refractivity contribution in [3.05, 3.63) is 30.1 Å². The molecule has 2 nitrogen and oxygen atoms in total. The third-order valence-corrected chi connectivity index (χ3v) is 4.14. The molecule has 0 aliphatic heterocycles. The molecule has 2 rings (SSSR count). The van der Waals surface area contributed by atoms with Crippen LogP contribution in [0, 0.1) is 0 Å². The standard InChI is InChI=1S/C11H16N2S/c1-14-11(5-6-11)9-12-8-10-4-2-3-7-13-10/h2-4,7,12H,5-6,8-9H2,1H3. The van der Waals surface area contributed by atoms with E-state index in [2.05, 4.69) is 22.6 Å². The summed E-state index contributed by atoms with van der Waals surface area (Å²) in [4.78, 5) is 4.28. The first-order valence-corrected chi connectivity index (χ1v) is 6.23. The van der Waals surface area contributed by atoms with Crippen molar-refractivity contribution in [3.63, 3.8) is 0 Å². The van der Waals surface area contributed by atoms with Gasteiger partial charge in [-0.25, -0.2) is 0 Å². The zero-order valence-corrected chi connectivity index (χ0v) is 9.31. The van der Waals surface area contributed by atoms with Crippen molar-refractivity contribution < 1.29 is 0 Å². The van der Waals surface area contributed by atoms with Gasteiger partial charge in [-0.3, -0.25) is 4.98 Å². The lowest BCUT2D eigenvalue weighted by Crippen LogP contribution is -2.25. The molecule has 1 aliphatic rings. The second-order valence-corrected chi connectivity index (χ2v) is 5.09. The van der Waals surface area contributed by atoms with E-state index in [4.69, 9.17) is 0 Å². The van der Waals surface area contributed by atoms with Gasteiger partial charge in [0.1, 0.15) is 0 Å². The molecule has 1 fully saturated rings. The summed E-state index contributed by atoms with van der Waals surface area (Å²) in [5.41, 5.74) is 1.13. The second-order valence-electron chi connectivity index (χ2n) is 3.81. The Bertz CT molecular complexity index is 283. The van der Waals surface area contributed by atoms with E-state index in [1.165, 1.54) is 12.8 Å². The lowest BCUT2D eigenvalue weighted by Gasteiger charge is -2.12. The van der Waals surface area contributed by atoms with Crippen LogP contribution in [0.25, 0.3) is 0 Å². The summed E-state index contributed by atoms with van der Waals surface area (Å²) in [5.74, 6) is 0. The highest BCUT2D eigenvalue weighted by Crippen LogP contribution is 2.46. The van der Waals surface area contributed by atoms with Gasteiger partial charge < -0.3 is 5.32 Å². The topological polar surface area (TPSA) is 24.9 Å². The molecule has 76 valence electrons. The van der Waals surface area contributed by atoms with E-state index in [9.17, 15) is 0 Å². The molecule has 0 aromatic carbocycles. The Morgan fingerprint density at radius 1 is 1.50 bits per heavy atom. The number of pyridine rings is 1. The number of thioether (sulfide) groups is 1. The Labute approximate surface area is 89.5 Å². The monoisotopic (exact) mass is 208 g/mol. The van der Waals surface area contributed by atoms with Crippen LogP contribution in [-0.2, 0) is 6.54 Å².